The predicted octanol–water partition coefficient (Wildman–Crippen LogP) is 4.02. The van der Waals surface area contributed by atoms with Crippen LogP contribution in [0.3, 0.4) is 0 Å². The lowest BCUT2D eigenvalue weighted by molar-refractivity contribution is -0.148. The minimum atomic E-state index is -1.79. The summed E-state index contributed by atoms with van der Waals surface area (Å²) in [6, 6.07) is 35.2. The highest BCUT2D eigenvalue weighted by molar-refractivity contribution is 6.00. The number of benzene rings is 4. The van der Waals surface area contributed by atoms with Crippen molar-refractivity contribution >= 4 is 17.8 Å². The van der Waals surface area contributed by atoms with E-state index in [9.17, 15) is 24.6 Å². The number of hydrogen-bond acceptors (Lipinski definition) is 5. The zero-order chi connectivity index (χ0) is 30.2. The Morgan fingerprint density at radius 2 is 1.23 bits per heavy atom. The lowest BCUT2D eigenvalue weighted by Gasteiger charge is -2.39. The number of nitrogens with one attached hydrogen (secondary N) is 1. The highest BCUT2D eigenvalue weighted by Gasteiger charge is 2.30. The maximum absolute atomic E-state index is 13.5. The van der Waals surface area contributed by atoms with Crippen LogP contribution in [0.2, 0.25) is 0 Å². The van der Waals surface area contributed by atoms with Crippen molar-refractivity contribution in [2.75, 3.05) is 26.2 Å². The van der Waals surface area contributed by atoms with Crippen molar-refractivity contribution < 1.29 is 24.6 Å². The summed E-state index contributed by atoms with van der Waals surface area (Å²) in [5.41, 5.74) is 3.77. The van der Waals surface area contributed by atoms with E-state index in [1.54, 1.807) is 47.4 Å². The quantitative estimate of drug-likeness (QED) is 0.263. The Bertz CT molecular complexity index is 1480. The van der Waals surface area contributed by atoms with Crippen LogP contribution in [0.15, 0.2) is 115 Å². The summed E-state index contributed by atoms with van der Waals surface area (Å²) in [5.74, 6) is -2.16. The number of carboxylic acid groups (broad SMARTS) is 1. The molecule has 1 aliphatic rings. The van der Waals surface area contributed by atoms with Gasteiger partial charge < -0.3 is 20.4 Å². The molecular formula is C35H35N3O5. The Morgan fingerprint density at radius 3 is 1.79 bits per heavy atom. The van der Waals surface area contributed by atoms with Crippen LogP contribution in [0.5, 0.6) is 0 Å². The van der Waals surface area contributed by atoms with Crippen LogP contribution in [-0.2, 0) is 11.2 Å². The molecule has 8 heteroatoms. The first-order valence-electron chi connectivity index (χ1n) is 14.4. The predicted molar refractivity (Wildman–Crippen MR) is 164 cm³/mol. The third-order valence-corrected chi connectivity index (χ3v) is 7.82. The third kappa shape index (κ3) is 7.35. The summed E-state index contributed by atoms with van der Waals surface area (Å²) in [4.78, 5) is 42.4. The van der Waals surface area contributed by atoms with Crippen molar-refractivity contribution in [3.63, 3.8) is 0 Å². The van der Waals surface area contributed by atoms with Gasteiger partial charge in [0, 0.05) is 37.3 Å². The lowest BCUT2D eigenvalue weighted by Crippen LogP contribution is -2.50. The zero-order valence-corrected chi connectivity index (χ0v) is 23.8. The van der Waals surface area contributed by atoms with Gasteiger partial charge in [-0.3, -0.25) is 14.5 Å². The summed E-state index contributed by atoms with van der Waals surface area (Å²) in [7, 11) is 0. The normalized spacial score (nSPS) is 15.1. The first-order valence-corrected chi connectivity index (χ1v) is 14.4. The van der Waals surface area contributed by atoms with Crippen LogP contribution in [0.1, 0.15) is 43.4 Å². The number of aliphatic hydroxyl groups excluding tert-OH is 1. The minimum Gasteiger partial charge on any atom is -0.479 e. The maximum atomic E-state index is 13.5. The number of nitrogens with zero attached hydrogens (tertiary/aromatic N) is 2. The number of hydrogen-bond donors (Lipinski definition) is 3. The van der Waals surface area contributed by atoms with E-state index < -0.39 is 24.0 Å². The smallest absolute Gasteiger partial charge is 0.334 e. The molecule has 0 aliphatic carbocycles. The number of carbonyl (C=O) groups is 3. The average Bonchev–Trinajstić information content (AvgIpc) is 3.05. The fraction of sp³-hybridized carbons (Fsp3) is 0.229. The van der Waals surface area contributed by atoms with E-state index >= 15 is 0 Å². The van der Waals surface area contributed by atoms with E-state index in [0.717, 1.165) is 5.56 Å². The lowest BCUT2D eigenvalue weighted by atomic mass is 9.96. The Labute approximate surface area is 251 Å². The van der Waals surface area contributed by atoms with E-state index in [2.05, 4.69) is 34.5 Å². The van der Waals surface area contributed by atoms with E-state index in [0.29, 0.717) is 31.7 Å². The van der Waals surface area contributed by atoms with Crippen LogP contribution < -0.4 is 5.32 Å². The second-order valence-corrected chi connectivity index (χ2v) is 10.7. The second kappa shape index (κ2) is 13.9. The van der Waals surface area contributed by atoms with Crippen molar-refractivity contribution in [2.45, 2.75) is 24.6 Å². The van der Waals surface area contributed by atoms with E-state index in [1.807, 2.05) is 42.5 Å². The Hall–Kier alpha value is -4.79. The van der Waals surface area contributed by atoms with Crippen molar-refractivity contribution in [1.29, 1.82) is 0 Å². The number of aliphatic hydroxyl groups is 1. The second-order valence-electron chi connectivity index (χ2n) is 10.7. The largest absolute Gasteiger partial charge is 0.479 e. The van der Waals surface area contributed by atoms with Gasteiger partial charge >= 0.3 is 5.97 Å². The van der Waals surface area contributed by atoms with Gasteiger partial charge in [-0.25, -0.2) is 4.79 Å². The van der Waals surface area contributed by atoms with E-state index in [1.165, 1.54) is 17.2 Å². The molecule has 5 rings (SSSR count). The molecule has 0 saturated carbocycles. The topological polar surface area (TPSA) is 110 Å². The van der Waals surface area contributed by atoms with Crippen LogP contribution >= 0.6 is 0 Å². The molecule has 8 nitrogen and oxygen atoms in total. The van der Waals surface area contributed by atoms with E-state index in [4.69, 9.17) is 0 Å². The van der Waals surface area contributed by atoms with Crippen molar-refractivity contribution in [3.8, 4) is 0 Å². The van der Waals surface area contributed by atoms with Gasteiger partial charge in [0.2, 0.25) is 0 Å². The molecule has 0 aromatic heterocycles. The number of piperazine rings is 1. The van der Waals surface area contributed by atoms with Gasteiger partial charge in [0.1, 0.15) is 0 Å². The number of aliphatic carboxylic acids is 1. The highest BCUT2D eigenvalue weighted by Crippen LogP contribution is 2.29. The molecule has 4 aromatic carbocycles. The molecule has 220 valence electrons. The molecule has 2 atom stereocenters. The zero-order valence-electron chi connectivity index (χ0n) is 23.8. The van der Waals surface area contributed by atoms with Crippen LogP contribution in [-0.4, -0.2) is 76.1 Å². The molecule has 0 spiro atoms. The fourth-order valence-corrected chi connectivity index (χ4v) is 5.58. The van der Waals surface area contributed by atoms with Gasteiger partial charge in [-0.15, -0.1) is 0 Å². The first kappa shape index (κ1) is 29.7. The fourth-order valence-electron chi connectivity index (χ4n) is 5.58. The summed E-state index contributed by atoms with van der Waals surface area (Å²) < 4.78 is 0. The molecule has 1 heterocycles. The summed E-state index contributed by atoms with van der Waals surface area (Å²) in [6.07, 6.45) is -1.66. The maximum Gasteiger partial charge on any atom is 0.334 e. The standard InChI is InChI=1S/C35H35N3O5/c39-32(35(42)43)30(23-25-11-4-1-5-12-25)36-33(40)28-17-10-18-29(24-28)34(41)38-21-19-37(20-22-38)31(26-13-6-2-7-14-26)27-15-8-3-9-16-27/h1-18,24,30-32,39H,19-23H2,(H,36,40)(H,42,43)/t30-,32+/m0/s1. The number of carbonyl (C=O) groups excluding carboxylic acids is 2. The molecular weight excluding hydrogens is 542 g/mol. The van der Waals surface area contributed by atoms with Crippen LogP contribution in [0, 0.1) is 0 Å². The molecule has 4 aromatic rings. The monoisotopic (exact) mass is 577 g/mol. The molecule has 0 radical (unpaired) electrons. The van der Waals surface area contributed by atoms with Gasteiger partial charge in [-0.05, 0) is 41.3 Å². The molecule has 1 aliphatic heterocycles. The summed E-state index contributed by atoms with van der Waals surface area (Å²) in [5, 5.41) is 22.3. The van der Waals surface area contributed by atoms with Crippen molar-refractivity contribution in [1.82, 2.24) is 15.1 Å². The Balaban J connectivity index is 1.26. The molecule has 3 N–H and O–H groups in total. The first-order chi connectivity index (χ1) is 20.9. The highest BCUT2D eigenvalue weighted by atomic mass is 16.4. The summed E-state index contributed by atoms with van der Waals surface area (Å²) >= 11 is 0. The number of carboxylic acids is 1. The van der Waals surface area contributed by atoms with Gasteiger partial charge in [-0.2, -0.15) is 0 Å². The SMILES string of the molecule is O=C(N[C@@H](Cc1ccccc1)[C@@H](O)C(=O)O)c1cccc(C(=O)N2CCN(C(c3ccccc3)c3ccccc3)CC2)c1. The molecule has 0 unspecified atom stereocenters. The Morgan fingerprint density at radius 1 is 0.698 bits per heavy atom. The molecule has 43 heavy (non-hydrogen) atoms. The number of rotatable bonds is 10. The van der Waals surface area contributed by atoms with Gasteiger partial charge in [0.15, 0.2) is 6.10 Å². The van der Waals surface area contributed by atoms with E-state index in [-0.39, 0.29) is 23.9 Å². The van der Waals surface area contributed by atoms with Gasteiger partial charge in [0.05, 0.1) is 12.1 Å². The van der Waals surface area contributed by atoms with Crippen molar-refractivity contribution in [3.05, 3.63) is 143 Å². The third-order valence-electron chi connectivity index (χ3n) is 7.82. The van der Waals surface area contributed by atoms with Crippen molar-refractivity contribution in [2.24, 2.45) is 0 Å². The number of amides is 2. The van der Waals surface area contributed by atoms with Crippen LogP contribution in [0.25, 0.3) is 0 Å². The summed E-state index contributed by atoms with van der Waals surface area (Å²) in [6.45, 7) is 2.45. The molecule has 1 fully saturated rings. The minimum absolute atomic E-state index is 0.0802. The Kier molecular flexibility index (Phi) is 9.61. The molecule has 1 saturated heterocycles. The molecule has 2 amide bonds. The van der Waals surface area contributed by atoms with Crippen LogP contribution in [0.4, 0.5) is 0 Å². The molecule has 0 bridgehead atoms. The van der Waals surface area contributed by atoms with Gasteiger partial charge in [-0.1, -0.05) is 97.1 Å². The van der Waals surface area contributed by atoms with Gasteiger partial charge in [0.25, 0.3) is 11.8 Å². The average molecular weight is 578 g/mol.